The van der Waals surface area contributed by atoms with Crippen molar-refractivity contribution in [3.8, 4) is 0 Å². The summed E-state index contributed by atoms with van der Waals surface area (Å²) in [6.45, 7) is 38.4. The molecular formula is C56H114O6Si8. The van der Waals surface area contributed by atoms with Gasteiger partial charge in [0, 0.05) is 10.4 Å². The molecule has 2 aromatic carbocycles. The minimum Gasteiger partial charge on any atom is -0.413 e. The Labute approximate surface area is 444 Å². The first-order valence-corrected chi connectivity index (χ1v) is 51.4. The molecule has 0 aliphatic heterocycles. The fraction of sp³-hybridized carbons (Fsp3) is 0.786. The Morgan fingerprint density at radius 1 is 0.243 bits per heavy atom. The highest BCUT2D eigenvalue weighted by Gasteiger charge is 2.55. The highest BCUT2D eigenvalue weighted by Crippen LogP contribution is 2.35. The average molecular weight is 1110 g/mol. The van der Waals surface area contributed by atoms with Crippen molar-refractivity contribution in [3.63, 3.8) is 0 Å². The molecule has 0 radical (unpaired) electrons. The summed E-state index contributed by atoms with van der Waals surface area (Å²) in [6, 6.07) is 28.9. The maximum absolute atomic E-state index is 7.69. The quantitative estimate of drug-likeness (QED) is 0.0487. The number of unbranched alkanes of at least 4 members (excludes halogenated alkanes) is 17. The van der Waals surface area contributed by atoms with Crippen LogP contribution >= 0.6 is 0 Å². The van der Waals surface area contributed by atoms with Crippen LogP contribution < -0.4 is 10.4 Å². The molecule has 0 amide bonds. The molecule has 406 valence electrons. The van der Waals surface area contributed by atoms with E-state index >= 15 is 0 Å². The largest absolute Gasteiger partial charge is 0.505 e. The average Bonchev–Trinajstić information content (AvgIpc) is 3.27. The number of rotatable bonds is 43. The lowest BCUT2D eigenvalue weighted by Crippen LogP contribution is -2.68. The van der Waals surface area contributed by atoms with E-state index in [4.69, 9.17) is 24.7 Å². The Kier molecular flexibility index (Phi) is 31.3. The van der Waals surface area contributed by atoms with Crippen LogP contribution in [0.2, 0.25) is 115 Å². The molecule has 0 bridgehead atoms. The van der Waals surface area contributed by atoms with Gasteiger partial charge in [-0.3, -0.25) is 0 Å². The molecule has 14 heteroatoms. The van der Waals surface area contributed by atoms with Crippen molar-refractivity contribution in [2.75, 3.05) is 0 Å². The molecule has 6 nitrogen and oxygen atoms in total. The van der Waals surface area contributed by atoms with Gasteiger partial charge in [0.05, 0.1) is 0 Å². The number of hydrogen-bond donors (Lipinski definition) is 0. The standard InChI is InChI=1S/C56H114O6Si8/c1-17-21-25-39-49-63(5,6)57-69(55-45-35-33-36-46-55,58-64(7,8)50-40-26-22-18-2)61-67(13,14)53-43-31-29-30-32-44-54-68(15,16)62-70(56-47-37-34-38-48-56,59-65(9,10)51-41-27-23-19-3)60-66(11,12)52-42-28-24-20-4/h33-38,45-48H,17-32,39-44,49-54H2,1-16H3. The van der Waals surface area contributed by atoms with Gasteiger partial charge in [0.25, 0.3) is 0 Å². The molecule has 2 aromatic rings. The van der Waals surface area contributed by atoms with Crippen molar-refractivity contribution in [1.82, 2.24) is 0 Å². The first kappa shape index (κ1) is 66.0. The fourth-order valence-electron chi connectivity index (χ4n) is 9.97. The van der Waals surface area contributed by atoms with Crippen LogP contribution in [-0.4, -0.2) is 67.5 Å². The summed E-state index contributed by atoms with van der Waals surface area (Å²) in [5.41, 5.74) is 0. The van der Waals surface area contributed by atoms with Gasteiger partial charge in [0.2, 0.25) is 0 Å². The number of hydrogen-bond acceptors (Lipinski definition) is 6. The van der Waals surface area contributed by atoms with E-state index in [1.807, 2.05) is 0 Å². The van der Waals surface area contributed by atoms with E-state index in [-0.39, 0.29) is 0 Å². The van der Waals surface area contributed by atoms with Crippen LogP contribution in [0.15, 0.2) is 60.7 Å². The third-order valence-corrected chi connectivity index (χ3v) is 45.2. The summed E-state index contributed by atoms with van der Waals surface area (Å²) in [7, 11) is -19.3. The Morgan fingerprint density at radius 2 is 0.414 bits per heavy atom. The molecule has 2 rings (SSSR count). The third-order valence-electron chi connectivity index (χ3n) is 14.1. The van der Waals surface area contributed by atoms with Crippen LogP contribution in [0.4, 0.5) is 0 Å². The van der Waals surface area contributed by atoms with Crippen molar-refractivity contribution in [2.24, 2.45) is 0 Å². The fourth-order valence-corrected chi connectivity index (χ4v) is 43.8. The molecule has 0 heterocycles. The molecule has 0 aliphatic rings. The minimum absolute atomic E-state index is 1.13. The maximum Gasteiger partial charge on any atom is 0.505 e. The van der Waals surface area contributed by atoms with E-state index in [0.717, 1.165) is 36.3 Å². The van der Waals surface area contributed by atoms with Gasteiger partial charge in [-0.1, -0.05) is 230 Å². The second kappa shape index (κ2) is 33.2. The smallest absolute Gasteiger partial charge is 0.413 e. The van der Waals surface area contributed by atoms with E-state index in [9.17, 15) is 0 Å². The van der Waals surface area contributed by atoms with Crippen molar-refractivity contribution < 1.29 is 24.7 Å². The second-order valence-corrected chi connectivity index (χ2v) is 57.3. The molecule has 0 saturated heterocycles. The molecule has 0 aliphatic carbocycles. The van der Waals surface area contributed by atoms with Crippen LogP contribution in [0.1, 0.15) is 169 Å². The summed E-state index contributed by atoms with van der Waals surface area (Å²) in [4.78, 5) is 0. The van der Waals surface area contributed by atoms with E-state index in [1.54, 1.807) is 0 Å². The Morgan fingerprint density at radius 3 is 0.600 bits per heavy atom. The topological polar surface area (TPSA) is 55.4 Å². The lowest BCUT2D eigenvalue weighted by atomic mass is 10.1. The van der Waals surface area contributed by atoms with E-state index in [1.165, 1.54) is 152 Å². The van der Waals surface area contributed by atoms with Gasteiger partial charge in [0.1, 0.15) is 0 Å². The molecule has 0 N–H and O–H groups in total. The maximum atomic E-state index is 7.69. The summed E-state index contributed by atoms with van der Waals surface area (Å²) >= 11 is 0. The lowest BCUT2D eigenvalue weighted by Gasteiger charge is -2.45. The lowest BCUT2D eigenvalue weighted by molar-refractivity contribution is 0.264. The zero-order valence-corrected chi connectivity index (χ0v) is 57.0. The van der Waals surface area contributed by atoms with E-state index in [0.29, 0.717) is 0 Å². The molecule has 0 fully saturated rings. The number of benzene rings is 2. The van der Waals surface area contributed by atoms with Gasteiger partial charge in [-0.05, 0) is 115 Å². The molecule has 0 atom stereocenters. The van der Waals surface area contributed by atoms with Crippen LogP contribution in [-0.2, 0) is 24.7 Å². The third kappa shape index (κ3) is 27.6. The van der Waals surface area contributed by atoms with Crippen molar-refractivity contribution in [2.45, 2.75) is 284 Å². The van der Waals surface area contributed by atoms with E-state index in [2.05, 4.69) is 167 Å². The van der Waals surface area contributed by atoms with Crippen LogP contribution in [0, 0.1) is 0 Å². The summed E-state index contributed by atoms with van der Waals surface area (Å²) in [5.74, 6) is 0. The van der Waals surface area contributed by atoms with Crippen LogP contribution in [0.5, 0.6) is 0 Å². The van der Waals surface area contributed by atoms with E-state index < -0.39 is 67.5 Å². The van der Waals surface area contributed by atoms with Crippen molar-refractivity contribution >= 4 is 77.9 Å². The minimum atomic E-state index is -3.24. The molecular weight excluding hydrogens is 993 g/mol. The predicted octanol–water partition coefficient (Wildman–Crippen LogP) is 18.7. The van der Waals surface area contributed by atoms with Gasteiger partial charge in [-0.25, -0.2) is 0 Å². The first-order chi connectivity index (χ1) is 32.9. The Bertz CT molecular complexity index is 1460. The molecule has 0 aromatic heterocycles. The van der Waals surface area contributed by atoms with Gasteiger partial charge in [-0.2, -0.15) is 0 Å². The summed E-state index contributed by atoms with van der Waals surface area (Å²) in [6.07, 6.45) is 27.7. The van der Waals surface area contributed by atoms with Crippen molar-refractivity contribution in [3.05, 3.63) is 60.7 Å². The SMILES string of the molecule is CCCCCC[Si](C)(C)O[Si](O[Si](C)(C)CCCCCC)(O[Si](C)(C)CCCCCCCC[Si](C)(C)O[Si](O[Si](C)(C)CCCCCC)(O[Si](C)(C)CCCCCC)c1ccccc1)c1ccccc1. The molecule has 70 heavy (non-hydrogen) atoms. The predicted molar refractivity (Wildman–Crippen MR) is 328 cm³/mol. The second-order valence-electron chi connectivity index (χ2n) is 24.9. The molecule has 0 unspecified atom stereocenters. The summed E-state index contributed by atoms with van der Waals surface area (Å²) in [5, 5.41) is 2.36. The Hall–Kier alpha value is -0.0649. The summed E-state index contributed by atoms with van der Waals surface area (Å²) < 4.78 is 45.9. The monoisotopic (exact) mass is 1110 g/mol. The van der Waals surface area contributed by atoms with Gasteiger partial charge < -0.3 is 24.7 Å². The molecule has 0 saturated carbocycles. The van der Waals surface area contributed by atoms with Crippen LogP contribution in [0.25, 0.3) is 0 Å². The zero-order valence-electron chi connectivity index (χ0n) is 49.0. The molecule has 0 spiro atoms. The first-order valence-electron chi connectivity index (χ1n) is 29.2. The highest BCUT2D eigenvalue weighted by molar-refractivity contribution is 6.97. The Balaban J connectivity index is 2.21. The zero-order chi connectivity index (χ0) is 52.3. The van der Waals surface area contributed by atoms with Gasteiger partial charge >= 0.3 is 17.6 Å². The van der Waals surface area contributed by atoms with Gasteiger partial charge in [-0.15, -0.1) is 0 Å². The highest BCUT2D eigenvalue weighted by atomic mass is 28.5. The van der Waals surface area contributed by atoms with Crippen molar-refractivity contribution in [1.29, 1.82) is 0 Å². The van der Waals surface area contributed by atoms with Crippen LogP contribution in [0.3, 0.4) is 0 Å². The van der Waals surface area contributed by atoms with Gasteiger partial charge in [0.15, 0.2) is 49.9 Å². The normalized spacial score (nSPS) is 13.7.